The lowest BCUT2D eigenvalue weighted by atomic mass is 10.0. The molecule has 3 rings (SSSR count). The van der Waals surface area contributed by atoms with Crippen LogP contribution in [0.15, 0.2) is 12.4 Å². The lowest BCUT2D eigenvalue weighted by Gasteiger charge is -2.39. The van der Waals surface area contributed by atoms with Crippen LogP contribution in [0, 0.1) is 6.92 Å². The second-order valence-corrected chi connectivity index (χ2v) is 9.90. The van der Waals surface area contributed by atoms with Crippen molar-refractivity contribution < 1.29 is 17.9 Å². The van der Waals surface area contributed by atoms with Gasteiger partial charge in [-0.3, -0.25) is 14.7 Å². The van der Waals surface area contributed by atoms with Crippen LogP contribution in [0.5, 0.6) is 0 Å². The van der Waals surface area contributed by atoms with Crippen LogP contribution in [0.4, 0.5) is 0 Å². The van der Waals surface area contributed by atoms with Crippen LogP contribution in [0.1, 0.15) is 35.4 Å². The first-order chi connectivity index (χ1) is 13.8. The van der Waals surface area contributed by atoms with Gasteiger partial charge in [-0.15, -0.1) is 0 Å². The maximum Gasteiger partial charge on any atom is 0.273 e. The first-order valence-electron chi connectivity index (χ1n) is 10.1. The summed E-state index contributed by atoms with van der Waals surface area (Å²) >= 11 is 0. The Labute approximate surface area is 173 Å². The van der Waals surface area contributed by atoms with E-state index < -0.39 is 10.0 Å². The van der Waals surface area contributed by atoms with Crippen molar-refractivity contribution in [3.63, 3.8) is 0 Å². The second-order valence-electron chi connectivity index (χ2n) is 7.91. The van der Waals surface area contributed by atoms with Gasteiger partial charge in [0.2, 0.25) is 10.0 Å². The molecular weight excluding hydrogens is 394 g/mol. The van der Waals surface area contributed by atoms with Gasteiger partial charge in [0.15, 0.2) is 0 Å². The van der Waals surface area contributed by atoms with Gasteiger partial charge in [-0.05, 0) is 26.2 Å². The molecule has 0 saturated carbocycles. The van der Waals surface area contributed by atoms with E-state index in [-0.39, 0.29) is 11.9 Å². The minimum atomic E-state index is -3.18. The van der Waals surface area contributed by atoms with E-state index in [9.17, 15) is 13.2 Å². The predicted octanol–water partition coefficient (Wildman–Crippen LogP) is 0.372. The third-order valence-electron chi connectivity index (χ3n) is 5.76. The average molecular weight is 426 g/mol. The quantitative estimate of drug-likeness (QED) is 0.623. The number of aromatic nitrogens is 2. The van der Waals surface area contributed by atoms with E-state index in [1.807, 2.05) is 6.92 Å². The molecule has 2 fully saturated rings. The van der Waals surface area contributed by atoms with Gasteiger partial charge in [-0.25, -0.2) is 17.7 Å². The third-order valence-corrected chi connectivity index (χ3v) is 7.03. The molecule has 2 saturated heterocycles. The highest BCUT2D eigenvalue weighted by atomic mass is 32.2. The first-order valence-corrected chi connectivity index (χ1v) is 11.9. The molecule has 3 heterocycles. The fourth-order valence-electron chi connectivity index (χ4n) is 4.03. The summed E-state index contributed by atoms with van der Waals surface area (Å²) in [5.41, 5.74) is 1.10. The molecule has 1 atom stereocenters. The molecule has 0 radical (unpaired) electrons. The highest BCUT2D eigenvalue weighted by Gasteiger charge is 2.36. The van der Waals surface area contributed by atoms with Crippen molar-refractivity contribution in [2.45, 2.75) is 38.3 Å². The Bertz CT molecular complexity index is 795. The Morgan fingerprint density at radius 2 is 1.90 bits per heavy atom. The Balaban J connectivity index is 1.65. The summed E-state index contributed by atoms with van der Waals surface area (Å²) in [5, 5.41) is 0. The zero-order valence-corrected chi connectivity index (χ0v) is 18.3. The predicted molar refractivity (Wildman–Crippen MR) is 109 cm³/mol. The minimum Gasteiger partial charge on any atom is -0.381 e. The molecule has 1 unspecified atom stereocenters. The fraction of sp³-hybridized carbons (Fsp3) is 0.737. The molecule has 0 aliphatic carbocycles. The lowest BCUT2D eigenvalue weighted by molar-refractivity contribution is 0.0157. The van der Waals surface area contributed by atoms with Crippen molar-refractivity contribution in [3.05, 3.63) is 23.8 Å². The smallest absolute Gasteiger partial charge is 0.273 e. The van der Waals surface area contributed by atoms with Crippen LogP contribution in [0.3, 0.4) is 0 Å². The molecule has 9 nitrogen and oxygen atoms in total. The number of aryl methyl sites for hydroxylation is 1. The van der Waals surface area contributed by atoms with Crippen LogP contribution in [0.2, 0.25) is 0 Å². The number of hydrogen-bond donors (Lipinski definition) is 0. The van der Waals surface area contributed by atoms with E-state index in [1.165, 1.54) is 12.5 Å². The first kappa shape index (κ1) is 22.1. The molecule has 1 aromatic rings. The average Bonchev–Trinajstić information content (AvgIpc) is 3.19. The van der Waals surface area contributed by atoms with Crippen molar-refractivity contribution >= 4 is 15.9 Å². The number of carbonyl (C=O) groups excluding carboxylic acids is 1. The molecule has 2 aliphatic heterocycles. The number of rotatable bonds is 7. The highest BCUT2D eigenvalue weighted by molar-refractivity contribution is 7.88. The summed E-state index contributed by atoms with van der Waals surface area (Å²) in [4.78, 5) is 25.0. The van der Waals surface area contributed by atoms with E-state index in [0.717, 1.165) is 38.2 Å². The van der Waals surface area contributed by atoms with Gasteiger partial charge >= 0.3 is 0 Å². The van der Waals surface area contributed by atoms with E-state index in [1.54, 1.807) is 22.4 Å². The maximum absolute atomic E-state index is 12.6. The number of nitrogens with zero attached hydrogens (tertiary/aromatic N) is 5. The summed E-state index contributed by atoms with van der Waals surface area (Å²) in [6.45, 7) is 5.57. The Morgan fingerprint density at radius 3 is 2.48 bits per heavy atom. The summed E-state index contributed by atoms with van der Waals surface area (Å²) in [5.74, 6) is -0.159. The van der Waals surface area contributed by atoms with Crippen LogP contribution in [0.25, 0.3) is 0 Å². The van der Waals surface area contributed by atoms with E-state index in [2.05, 4.69) is 14.9 Å². The number of carbonyl (C=O) groups is 1. The van der Waals surface area contributed by atoms with Gasteiger partial charge in [0, 0.05) is 64.7 Å². The summed E-state index contributed by atoms with van der Waals surface area (Å²) in [6, 6.07) is 0.506. The molecule has 0 spiro atoms. The van der Waals surface area contributed by atoms with Crippen molar-refractivity contribution in [3.8, 4) is 0 Å². The highest BCUT2D eigenvalue weighted by Crippen LogP contribution is 2.24. The van der Waals surface area contributed by atoms with Crippen molar-refractivity contribution in [1.82, 2.24) is 24.1 Å². The topological polar surface area (TPSA) is 95.9 Å². The number of likely N-dealkylation sites (N-methyl/N-ethyl adjacent to an activating group) is 1. The SMILES string of the molecule is Cc1cnc(C(=O)N(C)CCN(C2CCOCC2)C2CCN(S(C)(=O)=O)C2)cn1. The third kappa shape index (κ3) is 5.71. The molecule has 1 aromatic heterocycles. The van der Waals surface area contributed by atoms with E-state index in [0.29, 0.717) is 37.9 Å². The Kier molecular flexibility index (Phi) is 7.20. The standard InChI is InChI=1S/C19H31N5O4S/c1-15-12-21-18(13-20-15)19(25)22(2)8-9-24(16-5-10-28-11-6-16)17-4-7-23(14-17)29(3,26)27/h12-13,16-17H,4-11,14H2,1-3H3. The van der Waals surface area contributed by atoms with Crippen molar-refractivity contribution in [2.24, 2.45) is 0 Å². The lowest BCUT2D eigenvalue weighted by Crippen LogP contribution is -2.50. The molecule has 1 amide bonds. The van der Waals surface area contributed by atoms with Crippen molar-refractivity contribution in [1.29, 1.82) is 0 Å². The largest absolute Gasteiger partial charge is 0.381 e. The number of ether oxygens (including phenoxy) is 1. The van der Waals surface area contributed by atoms with Gasteiger partial charge in [-0.2, -0.15) is 0 Å². The molecule has 2 aliphatic rings. The van der Waals surface area contributed by atoms with Gasteiger partial charge in [0.05, 0.1) is 18.1 Å². The number of hydrogen-bond acceptors (Lipinski definition) is 7. The van der Waals surface area contributed by atoms with Crippen LogP contribution >= 0.6 is 0 Å². The Morgan fingerprint density at radius 1 is 1.17 bits per heavy atom. The zero-order chi connectivity index (χ0) is 21.0. The maximum atomic E-state index is 12.6. The monoisotopic (exact) mass is 425 g/mol. The van der Waals surface area contributed by atoms with Gasteiger partial charge < -0.3 is 9.64 Å². The number of sulfonamides is 1. The Hall–Kier alpha value is -1.62. The molecule has 10 heteroatoms. The molecule has 0 N–H and O–H groups in total. The normalized spacial score (nSPS) is 21.6. The van der Waals surface area contributed by atoms with Crippen molar-refractivity contribution in [2.75, 3.05) is 52.7 Å². The van der Waals surface area contributed by atoms with Crippen LogP contribution in [-0.4, -0.2) is 103 Å². The number of amides is 1. The van der Waals surface area contributed by atoms with Crippen LogP contribution < -0.4 is 0 Å². The summed E-state index contributed by atoms with van der Waals surface area (Å²) in [6.07, 6.45) is 7.03. The van der Waals surface area contributed by atoms with E-state index >= 15 is 0 Å². The summed E-state index contributed by atoms with van der Waals surface area (Å²) in [7, 11) is -1.41. The fourth-order valence-corrected chi connectivity index (χ4v) is 4.91. The molecule has 0 bridgehead atoms. The van der Waals surface area contributed by atoms with Gasteiger partial charge in [0.1, 0.15) is 5.69 Å². The molecular formula is C19H31N5O4S. The second kappa shape index (κ2) is 9.46. The molecule has 0 aromatic carbocycles. The minimum absolute atomic E-state index is 0.159. The molecule has 29 heavy (non-hydrogen) atoms. The summed E-state index contributed by atoms with van der Waals surface area (Å²) < 4.78 is 30.9. The van der Waals surface area contributed by atoms with Gasteiger partial charge in [0.25, 0.3) is 5.91 Å². The van der Waals surface area contributed by atoms with Crippen LogP contribution in [-0.2, 0) is 14.8 Å². The van der Waals surface area contributed by atoms with E-state index in [4.69, 9.17) is 4.74 Å². The zero-order valence-electron chi connectivity index (χ0n) is 17.5. The van der Waals surface area contributed by atoms with Gasteiger partial charge in [-0.1, -0.05) is 0 Å². The molecule has 162 valence electrons.